The van der Waals surface area contributed by atoms with Crippen LogP contribution in [0.25, 0.3) is 22.4 Å². The molecule has 0 radical (unpaired) electrons. The molecule has 3 aromatic rings. The highest BCUT2D eigenvalue weighted by molar-refractivity contribution is 5.83. The summed E-state index contributed by atoms with van der Waals surface area (Å²) < 4.78 is 11.0. The molecule has 0 aliphatic heterocycles. The number of hydrogen-bond acceptors (Lipinski definition) is 4. The number of pyridine rings is 1. The molecule has 96 valence electrons. The van der Waals surface area contributed by atoms with Crippen molar-refractivity contribution < 1.29 is 9.15 Å². The molecule has 4 heteroatoms. The molecule has 0 aliphatic rings. The van der Waals surface area contributed by atoms with Crippen molar-refractivity contribution in [3.8, 4) is 17.2 Å². The van der Waals surface area contributed by atoms with E-state index in [1.807, 2.05) is 36.4 Å². The van der Waals surface area contributed by atoms with E-state index in [1.54, 1.807) is 13.3 Å². The van der Waals surface area contributed by atoms with E-state index in [4.69, 9.17) is 14.9 Å². The van der Waals surface area contributed by atoms with Crippen molar-refractivity contribution in [3.05, 3.63) is 48.2 Å². The van der Waals surface area contributed by atoms with E-state index in [0.717, 1.165) is 33.7 Å². The summed E-state index contributed by atoms with van der Waals surface area (Å²) in [5, 5.41) is 1.03. The Balaban J connectivity index is 2.04. The lowest BCUT2D eigenvalue weighted by atomic mass is 10.2. The van der Waals surface area contributed by atoms with Gasteiger partial charge in [-0.2, -0.15) is 0 Å². The summed E-state index contributed by atoms with van der Waals surface area (Å²) in [7, 11) is 1.64. The quantitative estimate of drug-likeness (QED) is 0.780. The van der Waals surface area contributed by atoms with Gasteiger partial charge in [-0.3, -0.25) is 4.98 Å². The Hall–Kier alpha value is -2.33. The Bertz CT molecular complexity index is 702. The fourth-order valence-corrected chi connectivity index (χ4v) is 1.96. The molecule has 0 aliphatic carbocycles. The molecule has 0 spiro atoms. The first-order chi connectivity index (χ1) is 9.30. The van der Waals surface area contributed by atoms with Gasteiger partial charge in [-0.25, -0.2) is 0 Å². The number of nitrogens with two attached hydrogens (primary N) is 1. The second-order valence-electron chi connectivity index (χ2n) is 4.27. The standard InChI is InChI=1S/C15H14N2O2/c1-18-12-4-3-11-6-15(19-14(11)7-12)13-5-2-10(8-16)9-17-13/h2-7,9H,8,16H2,1H3. The largest absolute Gasteiger partial charge is 0.497 e. The Morgan fingerprint density at radius 1 is 1.21 bits per heavy atom. The van der Waals surface area contributed by atoms with Crippen molar-refractivity contribution in [2.45, 2.75) is 6.54 Å². The van der Waals surface area contributed by atoms with Crippen LogP contribution in [0, 0.1) is 0 Å². The summed E-state index contributed by atoms with van der Waals surface area (Å²) in [5.74, 6) is 1.52. The number of ether oxygens (including phenoxy) is 1. The van der Waals surface area contributed by atoms with Crippen LogP contribution in [0.15, 0.2) is 47.0 Å². The van der Waals surface area contributed by atoms with Crippen molar-refractivity contribution in [2.24, 2.45) is 5.73 Å². The van der Waals surface area contributed by atoms with Crippen molar-refractivity contribution in [1.82, 2.24) is 4.98 Å². The van der Waals surface area contributed by atoms with Crippen LogP contribution >= 0.6 is 0 Å². The summed E-state index contributed by atoms with van der Waals surface area (Å²) in [6, 6.07) is 11.6. The number of nitrogens with zero attached hydrogens (tertiary/aromatic N) is 1. The van der Waals surface area contributed by atoms with E-state index in [-0.39, 0.29) is 0 Å². The first-order valence-electron chi connectivity index (χ1n) is 6.03. The predicted octanol–water partition coefficient (Wildman–Crippen LogP) is 2.96. The second-order valence-corrected chi connectivity index (χ2v) is 4.27. The van der Waals surface area contributed by atoms with Gasteiger partial charge in [0.2, 0.25) is 0 Å². The summed E-state index contributed by atoms with van der Waals surface area (Å²) in [6.45, 7) is 0.491. The number of fused-ring (bicyclic) bond motifs is 1. The van der Waals surface area contributed by atoms with Gasteiger partial charge in [0, 0.05) is 24.2 Å². The molecule has 0 amide bonds. The Morgan fingerprint density at radius 2 is 2.11 bits per heavy atom. The fraction of sp³-hybridized carbons (Fsp3) is 0.133. The third-order valence-corrected chi connectivity index (χ3v) is 3.04. The SMILES string of the molecule is COc1ccc2cc(-c3ccc(CN)cn3)oc2c1. The van der Waals surface area contributed by atoms with E-state index in [2.05, 4.69) is 4.98 Å². The molecule has 3 rings (SSSR count). The van der Waals surface area contributed by atoms with Crippen LogP contribution in [0.4, 0.5) is 0 Å². The van der Waals surface area contributed by atoms with Crippen LogP contribution in [0.1, 0.15) is 5.56 Å². The Kier molecular flexibility index (Phi) is 2.93. The van der Waals surface area contributed by atoms with Gasteiger partial charge in [-0.05, 0) is 29.8 Å². The van der Waals surface area contributed by atoms with Crippen LogP contribution in [0.2, 0.25) is 0 Å². The third-order valence-electron chi connectivity index (χ3n) is 3.04. The molecule has 4 nitrogen and oxygen atoms in total. The minimum Gasteiger partial charge on any atom is -0.497 e. The lowest BCUT2D eigenvalue weighted by Crippen LogP contribution is -1.96. The highest BCUT2D eigenvalue weighted by Crippen LogP contribution is 2.29. The first kappa shape index (κ1) is 11.7. The second kappa shape index (κ2) is 4.74. The first-order valence-corrected chi connectivity index (χ1v) is 6.03. The van der Waals surface area contributed by atoms with Gasteiger partial charge in [0.15, 0.2) is 5.76 Å². The highest BCUT2D eigenvalue weighted by Gasteiger charge is 2.08. The Morgan fingerprint density at radius 3 is 2.79 bits per heavy atom. The average Bonchev–Trinajstić information content (AvgIpc) is 2.90. The zero-order chi connectivity index (χ0) is 13.2. The van der Waals surface area contributed by atoms with Gasteiger partial charge >= 0.3 is 0 Å². The molecule has 0 unspecified atom stereocenters. The number of hydrogen-bond donors (Lipinski definition) is 1. The zero-order valence-corrected chi connectivity index (χ0v) is 10.6. The van der Waals surface area contributed by atoms with E-state index in [1.165, 1.54) is 0 Å². The van der Waals surface area contributed by atoms with E-state index < -0.39 is 0 Å². The minimum absolute atomic E-state index is 0.491. The van der Waals surface area contributed by atoms with Gasteiger partial charge in [0.1, 0.15) is 17.0 Å². The van der Waals surface area contributed by atoms with E-state index >= 15 is 0 Å². The van der Waals surface area contributed by atoms with Gasteiger partial charge in [0.25, 0.3) is 0 Å². The fourth-order valence-electron chi connectivity index (χ4n) is 1.96. The number of methoxy groups -OCH3 is 1. The van der Waals surface area contributed by atoms with Crippen LogP contribution in [0.5, 0.6) is 5.75 Å². The molecule has 0 bridgehead atoms. The molecule has 2 aromatic heterocycles. The maximum absolute atomic E-state index is 5.80. The maximum atomic E-state index is 5.80. The zero-order valence-electron chi connectivity index (χ0n) is 10.6. The van der Waals surface area contributed by atoms with Crippen LogP contribution < -0.4 is 10.5 Å². The molecule has 0 fully saturated rings. The molecule has 19 heavy (non-hydrogen) atoms. The molecule has 0 atom stereocenters. The summed E-state index contributed by atoms with van der Waals surface area (Å²) >= 11 is 0. The average molecular weight is 254 g/mol. The summed E-state index contributed by atoms with van der Waals surface area (Å²) in [6.07, 6.45) is 1.77. The topological polar surface area (TPSA) is 61.3 Å². The molecule has 2 N–H and O–H groups in total. The van der Waals surface area contributed by atoms with Gasteiger partial charge < -0.3 is 14.9 Å². The number of rotatable bonds is 3. The molecule has 2 heterocycles. The molecule has 0 saturated carbocycles. The van der Waals surface area contributed by atoms with Crippen LogP contribution in [-0.2, 0) is 6.54 Å². The molecular weight excluding hydrogens is 240 g/mol. The van der Waals surface area contributed by atoms with Gasteiger partial charge in [-0.1, -0.05) is 6.07 Å². The van der Waals surface area contributed by atoms with Crippen LogP contribution in [-0.4, -0.2) is 12.1 Å². The van der Waals surface area contributed by atoms with E-state index in [0.29, 0.717) is 6.54 Å². The summed E-state index contributed by atoms with van der Waals surface area (Å²) in [4.78, 5) is 4.35. The smallest absolute Gasteiger partial charge is 0.153 e. The number of aromatic nitrogens is 1. The predicted molar refractivity (Wildman–Crippen MR) is 73.9 cm³/mol. The molecular formula is C15H14N2O2. The molecule has 1 aromatic carbocycles. The Labute approximate surface area is 110 Å². The van der Waals surface area contributed by atoms with Crippen molar-refractivity contribution in [2.75, 3.05) is 7.11 Å². The van der Waals surface area contributed by atoms with Gasteiger partial charge in [-0.15, -0.1) is 0 Å². The monoisotopic (exact) mass is 254 g/mol. The van der Waals surface area contributed by atoms with Crippen molar-refractivity contribution >= 4 is 11.0 Å². The lowest BCUT2D eigenvalue weighted by Gasteiger charge is -1.98. The van der Waals surface area contributed by atoms with Crippen LogP contribution in [0.3, 0.4) is 0 Å². The third kappa shape index (κ3) is 2.18. The lowest BCUT2D eigenvalue weighted by molar-refractivity contribution is 0.414. The normalized spacial score (nSPS) is 10.8. The maximum Gasteiger partial charge on any atom is 0.153 e. The number of benzene rings is 1. The minimum atomic E-state index is 0.491. The summed E-state index contributed by atoms with van der Waals surface area (Å²) in [5.41, 5.74) is 8.15. The molecule has 0 saturated heterocycles. The van der Waals surface area contributed by atoms with Crippen molar-refractivity contribution in [1.29, 1.82) is 0 Å². The highest BCUT2D eigenvalue weighted by atomic mass is 16.5. The van der Waals surface area contributed by atoms with E-state index in [9.17, 15) is 0 Å². The number of furan rings is 1. The van der Waals surface area contributed by atoms with Gasteiger partial charge in [0.05, 0.1) is 7.11 Å². The van der Waals surface area contributed by atoms with Crippen molar-refractivity contribution in [3.63, 3.8) is 0 Å².